The highest BCUT2D eigenvalue weighted by atomic mass is 19.1. The van der Waals surface area contributed by atoms with Crippen molar-refractivity contribution >= 4 is 17.6 Å². The van der Waals surface area contributed by atoms with Gasteiger partial charge in [-0.3, -0.25) is 9.69 Å². The molecule has 0 spiro atoms. The van der Waals surface area contributed by atoms with Crippen molar-refractivity contribution in [1.29, 1.82) is 0 Å². The van der Waals surface area contributed by atoms with Gasteiger partial charge in [0, 0.05) is 37.4 Å². The van der Waals surface area contributed by atoms with Gasteiger partial charge in [0.15, 0.2) is 0 Å². The second-order valence-electron chi connectivity index (χ2n) is 6.18. The summed E-state index contributed by atoms with van der Waals surface area (Å²) in [6, 6.07) is 4.06. The van der Waals surface area contributed by atoms with Crippen LogP contribution in [-0.2, 0) is 0 Å². The standard InChI is InChI=1S/C16H21FN4O2/c1-10-8-11(18)4-6-20(10)15(22)13-9-12(2-3-14(13)17)21-7-5-19-16(21)23/h2-3,9-11H,4-8,18H2,1H3,(H,19,23)/t10-,11+/m0/s1. The number of nitrogens with zero attached hydrogens (tertiary/aromatic N) is 2. The van der Waals surface area contributed by atoms with Crippen LogP contribution in [0.25, 0.3) is 0 Å². The van der Waals surface area contributed by atoms with Gasteiger partial charge in [-0.05, 0) is 38.0 Å². The van der Waals surface area contributed by atoms with Crippen LogP contribution in [0.15, 0.2) is 18.2 Å². The third-order valence-corrected chi connectivity index (χ3v) is 4.53. The smallest absolute Gasteiger partial charge is 0.321 e. The van der Waals surface area contributed by atoms with E-state index in [-0.39, 0.29) is 29.6 Å². The van der Waals surface area contributed by atoms with Gasteiger partial charge in [-0.1, -0.05) is 0 Å². The predicted molar refractivity (Wildman–Crippen MR) is 84.9 cm³/mol. The Morgan fingerprint density at radius 3 is 2.83 bits per heavy atom. The number of nitrogens with two attached hydrogens (primary N) is 1. The van der Waals surface area contributed by atoms with Gasteiger partial charge in [-0.2, -0.15) is 0 Å². The number of carbonyl (C=O) groups excluding carboxylic acids is 2. The second kappa shape index (κ2) is 6.16. The molecule has 2 atom stereocenters. The van der Waals surface area contributed by atoms with Crippen molar-refractivity contribution in [1.82, 2.24) is 10.2 Å². The fourth-order valence-electron chi connectivity index (χ4n) is 3.23. The molecule has 6 nitrogen and oxygen atoms in total. The van der Waals surface area contributed by atoms with E-state index in [4.69, 9.17) is 5.73 Å². The quantitative estimate of drug-likeness (QED) is 0.862. The molecule has 23 heavy (non-hydrogen) atoms. The third kappa shape index (κ3) is 3.01. The fraction of sp³-hybridized carbons (Fsp3) is 0.500. The molecular formula is C16H21FN4O2. The molecule has 0 aromatic heterocycles. The number of urea groups is 1. The van der Waals surface area contributed by atoms with Gasteiger partial charge in [0.25, 0.3) is 5.91 Å². The number of likely N-dealkylation sites (tertiary alicyclic amines) is 1. The summed E-state index contributed by atoms with van der Waals surface area (Å²) in [5.41, 5.74) is 6.45. The molecule has 2 aliphatic heterocycles. The predicted octanol–water partition coefficient (Wildman–Crippen LogP) is 1.31. The van der Waals surface area contributed by atoms with Crippen LogP contribution in [0.5, 0.6) is 0 Å². The summed E-state index contributed by atoms with van der Waals surface area (Å²) in [6.07, 6.45) is 1.42. The third-order valence-electron chi connectivity index (χ3n) is 4.53. The molecule has 0 bridgehead atoms. The number of benzene rings is 1. The maximum absolute atomic E-state index is 14.2. The Hall–Kier alpha value is -2.15. The monoisotopic (exact) mass is 320 g/mol. The molecule has 3 rings (SSSR count). The van der Waals surface area contributed by atoms with Crippen molar-refractivity contribution in [2.75, 3.05) is 24.5 Å². The number of halogens is 1. The molecule has 3 amide bonds. The van der Waals surface area contributed by atoms with Gasteiger partial charge in [0.1, 0.15) is 5.82 Å². The Morgan fingerprint density at radius 1 is 1.39 bits per heavy atom. The number of hydrogen-bond donors (Lipinski definition) is 2. The maximum atomic E-state index is 14.2. The van der Waals surface area contributed by atoms with Crippen molar-refractivity contribution < 1.29 is 14.0 Å². The van der Waals surface area contributed by atoms with Crippen LogP contribution >= 0.6 is 0 Å². The summed E-state index contributed by atoms with van der Waals surface area (Å²) in [5, 5.41) is 2.69. The minimum Gasteiger partial charge on any atom is -0.336 e. The van der Waals surface area contributed by atoms with Crippen LogP contribution in [0.1, 0.15) is 30.1 Å². The molecule has 2 heterocycles. The average molecular weight is 320 g/mol. The highest BCUT2D eigenvalue weighted by Gasteiger charge is 2.30. The van der Waals surface area contributed by atoms with E-state index in [2.05, 4.69) is 5.32 Å². The summed E-state index contributed by atoms with van der Waals surface area (Å²) in [7, 11) is 0. The van der Waals surface area contributed by atoms with E-state index in [9.17, 15) is 14.0 Å². The summed E-state index contributed by atoms with van der Waals surface area (Å²) in [4.78, 5) is 27.6. The molecule has 2 fully saturated rings. The van der Waals surface area contributed by atoms with Crippen molar-refractivity contribution in [2.24, 2.45) is 5.73 Å². The minimum atomic E-state index is -0.569. The van der Waals surface area contributed by atoms with Gasteiger partial charge in [0.05, 0.1) is 5.56 Å². The summed E-state index contributed by atoms with van der Waals surface area (Å²) < 4.78 is 14.2. The Labute approximate surface area is 134 Å². The first-order valence-corrected chi connectivity index (χ1v) is 7.89. The van der Waals surface area contributed by atoms with Crippen LogP contribution in [0.2, 0.25) is 0 Å². The van der Waals surface area contributed by atoms with Gasteiger partial charge in [-0.25, -0.2) is 9.18 Å². The van der Waals surface area contributed by atoms with Gasteiger partial charge >= 0.3 is 6.03 Å². The fourth-order valence-corrected chi connectivity index (χ4v) is 3.23. The Bertz CT molecular complexity index is 637. The second-order valence-corrected chi connectivity index (χ2v) is 6.18. The van der Waals surface area contributed by atoms with Crippen LogP contribution in [0, 0.1) is 5.82 Å². The molecule has 0 radical (unpaired) electrons. The molecule has 124 valence electrons. The molecule has 3 N–H and O–H groups in total. The van der Waals surface area contributed by atoms with E-state index in [0.717, 1.165) is 0 Å². The number of amides is 3. The lowest BCUT2D eigenvalue weighted by atomic mass is 9.98. The molecule has 0 saturated carbocycles. The number of rotatable bonds is 2. The first kappa shape index (κ1) is 15.7. The van der Waals surface area contributed by atoms with Crippen LogP contribution in [0.3, 0.4) is 0 Å². The van der Waals surface area contributed by atoms with E-state index in [1.807, 2.05) is 6.92 Å². The molecule has 0 unspecified atom stereocenters. The van der Waals surface area contributed by atoms with Gasteiger partial charge in [0.2, 0.25) is 0 Å². The zero-order valence-electron chi connectivity index (χ0n) is 13.1. The largest absolute Gasteiger partial charge is 0.336 e. The Balaban J connectivity index is 1.86. The first-order valence-electron chi connectivity index (χ1n) is 7.89. The Kier molecular flexibility index (Phi) is 4.21. The highest BCUT2D eigenvalue weighted by molar-refractivity contribution is 5.98. The van der Waals surface area contributed by atoms with Gasteiger partial charge < -0.3 is 16.0 Å². The van der Waals surface area contributed by atoms with Crippen molar-refractivity contribution in [3.8, 4) is 0 Å². The number of nitrogens with one attached hydrogen (secondary N) is 1. The van der Waals surface area contributed by atoms with E-state index < -0.39 is 5.82 Å². The van der Waals surface area contributed by atoms with Crippen LogP contribution in [-0.4, -0.2) is 48.6 Å². The normalized spacial score (nSPS) is 24.7. The van der Waals surface area contributed by atoms with E-state index in [0.29, 0.717) is 38.2 Å². The molecular weight excluding hydrogens is 299 g/mol. The molecule has 1 aromatic carbocycles. The molecule has 2 saturated heterocycles. The van der Waals surface area contributed by atoms with Crippen molar-refractivity contribution in [3.63, 3.8) is 0 Å². The maximum Gasteiger partial charge on any atom is 0.321 e. The number of carbonyl (C=O) groups is 2. The topological polar surface area (TPSA) is 78.7 Å². The lowest BCUT2D eigenvalue weighted by molar-refractivity contribution is 0.0614. The number of anilines is 1. The van der Waals surface area contributed by atoms with Crippen LogP contribution < -0.4 is 16.0 Å². The van der Waals surface area contributed by atoms with Crippen LogP contribution in [0.4, 0.5) is 14.9 Å². The highest BCUT2D eigenvalue weighted by Crippen LogP contribution is 2.24. The van der Waals surface area contributed by atoms with E-state index in [1.54, 1.807) is 4.90 Å². The van der Waals surface area contributed by atoms with Gasteiger partial charge in [-0.15, -0.1) is 0 Å². The number of hydrogen-bond acceptors (Lipinski definition) is 3. The summed E-state index contributed by atoms with van der Waals surface area (Å²) in [6.45, 7) is 3.50. The SMILES string of the molecule is C[C@H]1C[C@H](N)CCN1C(=O)c1cc(N2CCNC2=O)ccc1F. The van der Waals surface area contributed by atoms with Crippen molar-refractivity contribution in [3.05, 3.63) is 29.6 Å². The Morgan fingerprint density at radius 2 is 2.17 bits per heavy atom. The molecule has 2 aliphatic rings. The molecule has 1 aromatic rings. The van der Waals surface area contributed by atoms with E-state index >= 15 is 0 Å². The van der Waals surface area contributed by atoms with E-state index in [1.165, 1.54) is 23.1 Å². The zero-order chi connectivity index (χ0) is 16.6. The average Bonchev–Trinajstić information content (AvgIpc) is 2.93. The zero-order valence-corrected chi connectivity index (χ0v) is 13.1. The summed E-state index contributed by atoms with van der Waals surface area (Å²) in [5.74, 6) is -0.913. The lowest BCUT2D eigenvalue weighted by Gasteiger charge is -2.36. The van der Waals surface area contributed by atoms with Crippen molar-refractivity contribution in [2.45, 2.75) is 31.8 Å². The molecule has 0 aliphatic carbocycles. The minimum absolute atomic E-state index is 0.00419. The summed E-state index contributed by atoms with van der Waals surface area (Å²) >= 11 is 0. The molecule has 7 heteroatoms. The number of piperidine rings is 1. The lowest BCUT2D eigenvalue weighted by Crippen LogP contribution is -2.48. The first-order chi connectivity index (χ1) is 11.0.